The Kier molecular flexibility index (Phi) is 7.33. The summed E-state index contributed by atoms with van der Waals surface area (Å²) in [7, 11) is 0. The Morgan fingerprint density at radius 3 is 2.42 bits per heavy atom. The second kappa shape index (κ2) is 8.23. The number of hydrogen-bond acceptors (Lipinski definition) is 3. The predicted octanol–water partition coefficient (Wildman–Crippen LogP) is 2.97. The summed E-state index contributed by atoms with van der Waals surface area (Å²) in [5.74, 6) is 0.635. The lowest BCUT2D eigenvalue weighted by molar-refractivity contribution is -0.0236. The van der Waals surface area contributed by atoms with Crippen LogP contribution in [0, 0.1) is 11.3 Å². The zero-order valence-electron chi connectivity index (χ0n) is 13.2. The molecule has 114 valence electrons. The summed E-state index contributed by atoms with van der Waals surface area (Å²) >= 11 is 0. The largest absolute Gasteiger partial charge is 0.389 e. The molecule has 1 rings (SSSR count). The van der Waals surface area contributed by atoms with Crippen LogP contribution in [-0.4, -0.2) is 37.0 Å². The van der Waals surface area contributed by atoms with Crippen LogP contribution >= 0.6 is 0 Å². The first-order valence-corrected chi connectivity index (χ1v) is 7.92. The number of aliphatic hydroxyl groups is 1. The van der Waals surface area contributed by atoms with E-state index >= 15 is 0 Å². The summed E-state index contributed by atoms with van der Waals surface area (Å²) in [6, 6.07) is 0. The molecule has 3 heteroatoms. The SMILES string of the molecule is CC(C)C(C)(C)CNCC(O)COC1CCCCC1. The molecule has 1 unspecified atom stereocenters. The van der Waals surface area contributed by atoms with Gasteiger partial charge in [-0.2, -0.15) is 0 Å². The molecule has 0 aliphatic heterocycles. The van der Waals surface area contributed by atoms with Crippen LogP contribution < -0.4 is 5.32 Å². The van der Waals surface area contributed by atoms with Gasteiger partial charge in [0, 0.05) is 13.1 Å². The third-order valence-electron chi connectivity index (χ3n) is 4.60. The average molecular weight is 271 g/mol. The Bertz CT molecular complexity index is 235. The highest BCUT2D eigenvalue weighted by Crippen LogP contribution is 2.24. The van der Waals surface area contributed by atoms with Crippen molar-refractivity contribution in [3.63, 3.8) is 0 Å². The van der Waals surface area contributed by atoms with Crippen LogP contribution in [0.4, 0.5) is 0 Å². The quantitative estimate of drug-likeness (QED) is 0.713. The first-order chi connectivity index (χ1) is 8.92. The highest BCUT2D eigenvalue weighted by molar-refractivity contribution is 4.76. The molecular weight excluding hydrogens is 238 g/mol. The van der Waals surface area contributed by atoms with E-state index < -0.39 is 0 Å². The van der Waals surface area contributed by atoms with E-state index in [1.54, 1.807) is 0 Å². The van der Waals surface area contributed by atoms with Crippen molar-refractivity contribution in [3.05, 3.63) is 0 Å². The summed E-state index contributed by atoms with van der Waals surface area (Å²) in [4.78, 5) is 0. The third-order valence-corrected chi connectivity index (χ3v) is 4.60. The van der Waals surface area contributed by atoms with E-state index in [-0.39, 0.29) is 11.5 Å². The van der Waals surface area contributed by atoms with Gasteiger partial charge in [0.05, 0.1) is 18.8 Å². The van der Waals surface area contributed by atoms with Gasteiger partial charge in [-0.15, -0.1) is 0 Å². The van der Waals surface area contributed by atoms with Crippen molar-refractivity contribution in [1.82, 2.24) is 5.32 Å². The van der Waals surface area contributed by atoms with Gasteiger partial charge in [-0.05, 0) is 24.2 Å². The lowest BCUT2D eigenvalue weighted by atomic mass is 9.81. The molecule has 0 spiro atoms. The summed E-state index contributed by atoms with van der Waals surface area (Å²) in [6.07, 6.45) is 6.23. The van der Waals surface area contributed by atoms with Gasteiger partial charge < -0.3 is 15.2 Å². The topological polar surface area (TPSA) is 41.5 Å². The van der Waals surface area contributed by atoms with E-state index in [2.05, 4.69) is 33.0 Å². The maximum absolute atomic E-state index is 9.93. The van der Waals surface area contributed by atoms with Crippen LogP contribution in [0.2, 0.25) is 0 Å². The second-order valence-corrected chi connectivity index (χ2v) is 7.02. The molecule has 0 aromatic heterocycles. The molecule has 19 heavy (non-hydrogen) atoms. The van der Waals surface area contributed by atoms with E-state index in [0.29, 0.717) is 25.2 Å². The van der Waals surface area contributed by atoms with Crippen molar-refractivity contribution in [2.75, 3.05) is 19.7 Å². The monoisotopic (exact) mass is 271 g/mol. The van der Waals surface area contributed by atoms with Crippen molar-refractivity contribution < 1.29 is 9.84 Å². The summed E-state index contributed by atoms with van der Waals surface area (Å²) < 4.78 is 5.78. The Hall–Kier alpha value is -0.120. The highest BCUT2D eigenvalue weighted by Gasteiger charge is 2.22. The number of nitrogens with one attached hydrogen (secondary N) is 1. The molecule has 0 aromatic carbocycles. The minimum atomic E-state index is -0.384. The van der Waals surface area contributed by atoms with Gasteiger partial charge in [-0.1, -0.05) is 47.0 Å². The Labute approximate surface area is 119 Å². The molecule has 0 saturated heterocycles. The van der Waals surface area contributed by atoms with Gasteiger partial charge in [-0.3, -0.25) is 0 Å². The van der Waals surface area contributed by atoms with Crippen molar-refractivity contribution in [3.8, 4) is 0 Å². The van der Waals surface area contributed by atoms with E-state index in [1.165, 1.54) is 32.1 Å². The number of aliphatic hydroxyl groups excluding tert-OH is 1. The lowest BCUT2D eigenvalue weighted by Crippen LogP contribution is -2.39. The van der Waals surface area contributed by atoms with Crippen molar-refractivity contribution in [2.45, 2.75) is 72.0 Å². The highest BCUT2D eigenvalue weighted by atomic mass is 16.5. The molecule has 2 N–H and O–H groups in total. The van der Waals surface area contributed by atoms with E-state index in [1.807, 2.05) is 0 Å². The van der Waals surface area contributed by atoms with Crippen molar-refractivity contribution in [1.29, 1.82) is 0 Å². The molecule has 0 aromatic rings. The molecule has 0 bridgehead atoms. The van der Waals surface area contributed by atoms with Gasteiger partial charge in [0.1, 0.15) is 0 Å². The molecule has 1 saturated carbocycles. The number of hydrogen-bond donors (Lipinski definition) is 2. The van der Waals surface area contributed by atoms with Gasteiger partial charge in [0.2, 0.25) is 0 Å². The first-order valence-electron chi connectivity index (χ1n) is 7.92. The standard InChI is InChI=1S/C16H33NO2/c1-13(2)16(3,4)12-17-10-14(18)11-19-15-8-6-5-7-9-15/h13-15,17-18H,5-12H2,1-4H3. The van der Waals surface area contributed by atoms with Crippen LogP contribution in [0.25, 0.3) is 0 Å². The lowest BCUT2D eigenvalue weighted by Gasteiger charge is -2.30. The summed E-state index contributed by atoms with van der Waals surface area (Å²) in [6.45, 7) is 11.0. The minimum absolute atomic E-state index is 0.268. The maximum atomic E-state index is 9.93. The minimum Gasteiger partial charge on any atom is -0.389 e. The Morgan fingerprint density at radius 1 is 1.21 bits per heavy atom. The summed E-state index contributed by atoms with van der Waals surface area (Å²) in [5, 5.41) is 13.3. The van der Waals surface area contributed by atoms with Crippen LogP contribution in [-0.2, 0) is 4.74 Å². The fourth-order valence-electron chi connectivity index (χ4n) is 2.30. The Balaban J connectivity index is 2.09. The molecule has 1 aliphatic carbocycles. The molecule has 1 fully saturated rings. The van der Waals surface area contributed by atoms with Crippen LogP contribution in [0.15, 0.2) is 0 Å². The molecule has 3 nitrogen and oxygen atoms in total. The molecular formula is C16H33NO2. The fourth-order valence-corrected chi connectivity index (χ4v) is 2.30. The van der Waals surface area contributed by atoms with Gasteiger partial charge in [-0.25, -0.2) is 0 Å². The number of rotatable bonds is 8. The van der Waals surface area contributed by atoms with Crippen molar-refractivity contribution >= 4 is 0 Å². The van der Waals surface area contributed by atoms with E-state index in [0.717, 1.165) is 6.54 Å². The average Bonchev–Trinajstić information content (AvgIpc) is 2.37. The zero-order chi connectivity index (χ0) is 14.3. The van der Waals surface area contributed by atoms with Crippen LogP contribution in [0.5, 0.6) is 0 Å². The molecule has 1 atom stereocenters. The normalized spacial score (nSPS) is 19.9. The molecule has 1 aliphatic rings. The predicted molar refractivity (Wildman–Crippen MR) is 80.3 cm³/mol. The summed E-state index contributed by atoms with van der Waals surface area (Å²) in [5.41, 5.74) is 0.268. The maximum Gasteiger partial charge on any atom is 0.0897 e. The van der Waals surface area contributed by atoms with E-state index in [9.17, 15) is 5.11 Å². The molecule has 0 radical (unpaired) electrons. The van der Waals surface area contributed by atoms with Gasteiger partial charge in [0.25, 0.3) is 0 Å². The third kappa shape index (κ3) is 6.73. The first kappa shape index (κ1) is 16.9. The zero-order valence-corrected chi connectivity index (χ0v) is 13.2. The van der Waals surface area contributed by atoms with Gasteiger partial charge >= 0.3 is 0 Å². The Morgan fingerprint density at radius 2 is 1.84 bits per heavy atom. The second-order valence-electron chi connectivity index (χ2n) is 7.02. The van der Waals surface area contributed by atoms with Crippen LogP contribution in [0.3, 0.4) is 0 Å². The fraction of sp³-hybridized carbons (Fsp3) is 1.00. The van der Waals surface area contributed by atoms with Crippen LogP contribution in [0.1, 0.15) is 59.8 Å². The molecule has 0 heterocycles. The molecule has 0 amide bonds. The number of ether oxygens (including phenoxy) is 1. The van der Waals surface area contributed by atoms with Crippen molar-refractivity contribution in [2.24, 2.45) is 11.3 Å². The smallest absolute Gasteiger partial charge is 0.0897 e. The van der Waals surface area contributed by atoms with Gasteiger partial charge in [0.15, 0.2) is 0 Å². The van der Waals surface area contributed by atoms with E-state index in [4.69, 9.17) is 4.74 Å².